The van der Waals surface area contributed by atoms with E-state index >= 15 is 0 Å². The van der Waals surface area contributed by atoms with Gasteiger partial charge in [-0.15, -0.1) is 0 Å². The summed E-state index contributed by atoms with van der Waals surface area (Å²) < 4.78 is 58.2. The van der Waals surface area contributed by atoms with Crippen LogP contribution in [0.4, 0.5) is 23.2 Å². The van der Waals surface area contributed by atoms with Gasteiger partial charge in [0.25, 0.3) is 6.02 Å². The first-order valence-electron chi connectivity index (χ1n) is 6.89. The van der Waals surface area contributed by atoms with Crippen molar-refractivity contribution >= 4 is 23.3 Å². The van der Waals surface area contributed by atoms with Crippen LogP contribution in [0.2, 0.25) is 5.02 Å². The molecule has 2 fully saturated rings. The van der Waals surface area contributed by atoms with Gasteiger partial charge in [0.2, 0.25) is 6.10 Å². The molecule has 0 spiro atoms. The molecule has 0 aromatic heterocycles. The number of ether oxygens (including phenoxy) is 1. The van der Waals surface area contributed by atoms with Crippen LogP contribution in [0.25, 0.3) is 0 Å². The summed E-state index contributed by atoms with van der Waals surface area (Å²) in [7, 11) is 0. The van der Waals surface area contributed by atoms with Gasteiger partial charge in [-0.3, -0.25) is 0 Å². The summed E-state index contributed by atoms with van der Waals surface area (Å²) in [5, 5.41) is 18.1. The van der Waals surface area contributed by atoms with Gasteiger partial charge in [-0.2, -0.15) is 23.4 Å². The maximum atomic E-state index is 14.1. The number of aliphatic imine (C=N–C) groups is 1. The molecule has 1 aromatic rings. The van der Waals surface area contributed by atoms with Gasteiger partial charge in [-0.1, -0.05) is 11.6 Å². The number of benzene rings is 1. The molecule has 1 aromatic carbocycles. The van der Waals surface area contributed by atoms with Crippen molar-refractivity contribution < 1.29 is 27.4 Å². The van der Waals surface area contributed by atoms with E-state index in [2.05, 4.69) is 4.99 Å². The number of hydrogen-bond donors (Lipinski definition) is 1. The number of nitriles is 1. The third-order valence-electron chi connectivity index (χ3n) is 3.93. The average molecular weight is 364 g/mol. The highest BCUT2D eigenvalue weighted by molar-refractivity contribution is 6.32. The van der Waals surface area contributed by atoms with Gasteiger partial charge in [0.05, 0.1) is 16.7 Å². The summed E-state index contributed by atoms with van der Waals surface area (Å²) in [6.45, 7) is 0.100. The van der Waals surface area contributed by atoms with Gasteiger partial charge in [-0.25, -0.2) is 4.39 Å². The Labute approximate surface area is 138 Å². The first kappa shape index (κ1) is 16.8. The molecule has 0 bridgehead atoms. The fraction of sp³-hybridized carbons (Fsp3) is 0.429. The van der Waals surface area contributed by atoms with Crippen molar-refractivity contribution in [3.8, 4) is 6.07 Å². The lowest BCUT2D eigenvalue weighted by Gasteiger charge is -2.21. The molecule has 2 unspecified atom stereocenters. The number of aliphatic hydroxyl groups excluding tert-OH is 1. The summed E-state index contributed by atoms with van der Waals surface area (Å²) in [5.74, 6) is -1.03. The zero-order valence-electron chi connectivity index (χ0n) is 11.9. The van der Waals surface area contributed by atoms with E-state index in [1.165, 1.54) is 6.07 Å². The third-order valence-corrected chi connectivity index (χ3v) is 4.30. The van der Waals surface area contributed by atoms with Crippen molar-refractivity contribution in [3.05, 3.63) is 28.5 Å². The summed E-state index contributed by atoms with van der Waals surface area (Å²) in [6, 6.07) is 2.26. The second kappa shape index (κ2) is 5.79. The topological polar surface area (TPSA) is 68.8 Å². The van der Waals surface area contributed by atoms with E-state index in [9.17, 15) is 22.7 Å². The fourth-order valence-electron chi connectivity index (χ4n) is 2.80. The predicted octanol–water partition coefficient (Wildman–Crippen LogP) is 2.73. The molecule has 2 heterocycles. The Morgan fingerprint density at radius 1 is 1.42 bits per heavy atom. The van der Waals surface area contributed by atoms with Crippen LogP contribution in [0.15, 0.2) is 17.1 Å². The van der Waals surface area contributed by atoms with Crippen molar-refractivity contribution in [2.45, 2.75) is 30.8 Å². The van der Waals surface area contributed by atoms with E-state index in [1.54, 1.807) is 6.07 Å². The Hall–Kier alpha value is -2.05. The minimum absolute atomic E-state index is 0.100. The van der Waals surface area contributed by atoms with Crippen LogP contribution >= 0.6 is 11.6 Å². The average Bonchev–Trinajstić information content (AvgIpc) is 3.06. The van der Waals surface area contributed by atoms with Crippen LogP contribution in [0.5, 0.6) is 0 Å². The van der Waals surface area contributed by atoms with E-state index in [0.717, 1.165) is 11.0 Å². The monoisotopic (exact) mass is 363 g/mol. The Bertz CT molecular complexity index is 747. The highest BCUT2D eigenvalue weighted by Gasteiger charge is 2.59. The van der Waals surface area contributed by atoms with E-state index < -0.39 is 41.3 Å². The van der Waals surface area contributed by atoms with Crippen LogP contribution < -0.4 is 0 Å². The first-order chi connectivity index (χ1) is 11.2. The minimum atomic E-state index is -4.70. The summed E-state index contributed by atoms with van der Waals surface area (Å²) >= 11 is 5.68. The molecule has 128 valence electrons. The standard InChI is InChI=1S/C14H10ClF4N3O2/c15-9-6(5-20)1-2-7(10(9)16)21-13-22-4-3-8(23)11(22)12(24-13)14(17,18)19/h1-2,8,11-12,23H,3-4H2/t8?,11-,12?/m0/s1. The lowest BCUT2D eigenvalue weighted by molar-refractivity contribution is -0.203. The normalized spacial score (nSPS) is 28.0. The smallest absolute Gasteiger partial charge is 0.427 e. The molecule has 0 aliphatic carbocycles. The number of hydrogen-bond acceptors (Lipinski definition) is 4. The summed E-state index contributed by atoms with van der Waals surface area (Å²) in [4.78, 5) is 4.94. The summed E-state index contributed by atoms with van der Waals surface area (Å²) in [5.41, 5.74) is -0.468. The number of rotatable bonds is 1. The Morgan fingerprint density at radius 3 is 2.75 bits per heavy atom. The maximum Gasteiger partial charge on any atom is 0.427 e. The molecule has 2 aliphatic heterocycles. The molecule has 24 heavy (non-hydrogen) atoms. The maximum absolute atomic E-state index is 14.1. The van der Waals surface area contributed by atoms with Crippen molar-refractivity contribution in [2.75, 3.05) is 6.54 Å². The van der Waals surface area contributed by atoms with Crippen molar-refractivity contribution in [3.63, 3.8) is 0 Å². The van der Waals surface area contributed by atoms with Crippen LogP contribution in [0, 0.1) is 17.1 Å². The number of alkyl halides is 3. The third kappa shape index (κ3) is 2.65. The molecular formula is C14H10ClF4N3O2. The molecule has 2 aliphatic rings. The zero-order valence-corrected chi connectivity index (χ0v) is 12.6. The molecule has 10 heteroatoms. The molecule has 0 saturated carbocycles. The SMILES string of the molecule is N#Cc1ccc(N=C2OC(C(F)(F)F)[C@@H]3C(O)CCN23)c(F)c1Cl. The van der Waals surface area contributed by atoms with Crippen LogP contribution in [0.3, 0.4) is 0 Å². The van der Waals surface area contributed by atoms with Crippen molar-refractivity contribution in [1.29, 1.82) is 5.26 Å². The fourth-order valence-corrected chi connectivity index (χ4v) is 3.01. The zero-order chi connectivity index (χ0) is 17.6. The highest BCUT2D eigenvalue weighted by Crippen LogP contribution is 2.39. The Kier molecular flexibility index (Phi) is 4.05. The second-order valence-electron chi connectivity index (χ2n) is 5.39. The van der Waals surface area contributed by atoms with E-state index in [-0.39, 0.29) is 24.2 Å². The molecule has 0 amide bonds. The molecule has 3 rings (SSSR count). The number of aliphatic hydroxyl groups is 1. The first-order valence-corrected chi connectivity index (χ1v) is 7.26. The minimum Gasteiger partial charge on any atom is -0.450 e. The van der Waals surface area contributed by atoms with Gasteiger partial charge >= 0.3 is 6.18 Å². The molecular weight excluding hydrogens is 354 g/mol. The Morgan fingerprint density at radius 2 is 2.12 bits per heavy atom. The molecule has 1 N–H and O–H groups in total. The van der Waals surface area contributed by atoms with Crippen LogP contribution in [-0.4, -0.2) is 47.0 Å². The lowest BCUT2D eigenvalue weighted by atomic mass is 10.1. The largest absolute Gasteiger partial charge is 0.450 e. The molecule has 2 saturated heterocycles. The van der Waals surface area contributed by atoms with Crippen molar-refractivity contribution in [2.24, 2.45) is 4.99 Å². The number of halogens is 5. The van der Waals surface area contributed by atoms with Crippen LogP contribution in [0.1, 0.15) is 12.0 Å². The van der Waals surface area contributed by atoms with E-state index in [0.29, 0.717) is 0 Å². The quantitative estimate of drug-likeness (QED) is 0.779. The predicted molar refractivity (Wildman–Crippen MR) is 75.3 cm³/mol. The van der Waals surface area contributed by atoms with Gasteiger partial charge in [0, 0.05) is 6.54 Å². The van der Waals surface area contributed by atoms with Gasteiger partial charge in [0.1, 0.15) is 17.8 Å². The van der Waals surface area contributed by atoms with E-state index in [1.807, 2.05) is 0 Å². The van der Waals surface area contributed by atoms with E-state index in [4.69, 9.17) is 21.6 Å². The van der Waals surface area contributed by atoms with Gasteiger partial charge < -0.3 is 14.7 Å². The number of nitrogens with zero attached hydrogens (tertiary/aromatic N) is 3. The molecule has 0 radical (unpaired) electrons. The number of fused-ring (bicyclic) bond motifs is 1. The second-order valence-corrected chi connectivity index (χ2v) is 5.76. The Balaban J connectivity index is 2.00. The van der Waals surface area contributed by atoms with Gasteiger partial charge in [0.15, 0.2) is 5.82 Å². The highest BCUT2D eigenvalue weighted by atomic mass is 35.5. The molecule has 5 nitrogen and oxygen atoms in total. The summed E-state index contributed by atoms with van der Waals surface area (Å²) in [6.07, 6.45) is -8.05. The van der Waals surface area contributed by atoms with Crippen LogP contribution in [-0.2, 0) is 4.74 Å². The van der Waals surface area contributed by atoms with Crippen molar-refractivity contribution in [1.82, 2.24) is 4.90 Å². The lowest BCUT2D eigenvalue weighted by Crippen LogP contribution is -2.45. The number of amidine groups is 1. The van der Waals surface area contributed by atoms with Gasteiger partial charge in [-0.05, 0) is 18.6 Å². The molecule has 3 atom stereocenters.